The van der Waals surface area contributed by atoms with Crippen molar-refractivity contribution < 1.29 is 4.79 Å². The number of nitrogens with two attached hydrogens (primary N) is 1. The molecule has 1 unspecified atom stereocenters. The molecule has 1 aliphatic heterocycles. The van der Waals surface area contributed by atoms with Crippen LogP contribution in [0.25, 0.3) is 0 Å². The van der Waals surface area contributed by atoms with Crippen LogP contribution in [0.1, 0.15) is 42.0 Å². The van der Waals surface area contributed by atoms with Crippen molar-refractivity contribution in [3.63, 3.8) is 0 Å². The molecule has 1 atom stereocenters. The van der Waals surface area contributed by atoms with Gasteiger partial charge in [0.2, 0.25) is 5.91 Å². The number of primary amides is 1. The van der Waals surface area contributed by atoms with Crippen LogP contribution in [0.5, 0.6) is 0 Å². The zero-order valence-corrected chi connectivity index (χ0v) is 21.6. The SMILES string of the molecule is CCNC(=NCc1cccnc1N1CCCC(C(N)=O)C1)NCc1ccc(C)cc1C.I. The Hall–Kier alpha value is -2.36. The largest absolute Gasteiger partial charge is 0.369 e. The summed E-state index contributed by atoms with van der Waals surface area (Å²) in [6, 6.07) is 10.5. The highest BCUT2D eigenvalue weighted by Gasteiger charge is 2.25. The molecule has 3 rings (SSSR count). The maximum atomic E-state index is 11.7. The number of nitrogens with one attached hydrogen (secondary N) is 2. The summed E-state index contributed by atoms with van der Waals surface area (Å²) in [4.78, 5) is 23.2. The van der Waals surface area contributed by atoms with Gasteiger partial charge in [-0.15, -0.1) is 24.0 Å². The number of pyridine rings is 1. The van der Waals surface area contributed by atoms with E-state index in [1.54, 1.807) is 6.20 Å². The van der Waals surface area contributed by atoms with Gasteiger partial charge in [-0.3, -0.25) is 4.79 Å². The van der Waals surface area contributed by atoms with E-state index in [4.69, 9.17) is 10.7 Å². The Morgan fingerprint density at radius 1 is 1.25 bits per heavy atom. The van der Waals surface area contributed by atoms with Gasteiger partial charge in [0.25, 0.3) is 0 Å². The normalized spacial score (nSPS) is 16.3. The molecule has 0 aliphatic carbocycles. The van der Waals surface area contributed by atoms with Gasteiger partial charge in [0.15, 0.2) is 5.96 Å². The van der Waals surface area contributed by atoms with Crippen LogP contribution < -0.4 is 21.3 Å². The fourth-order valence-corrected chi connectivity index (χ4v) is 3.97. The number of anilines is 1. The van der Waals surface area contributed by atoms with E-state index < -0.39 is 0 Å². The summed E-state index contributed by atoms with van der Waals surface area (Å²) < 4.78 is 0. The zero-order valence-electron chi connectivity index (χ0n) is 19.2. The fourth-order valence-electron chi connectivity index (χ4n) is 3.97. The Morgan fingerprint density at radius 3 is 2.78 bits per heavy atom. The van der Waals surface area contributed by atoms with Crippen molar-refractivity contribution in [3.05, 3.63) is 58.8 Å². The number of benzene rings is 1. The van der Waals surface area contributed by atoms with Crippen molar-refractivity contribution in [2.45, 2.75) is 46.7 Å². The van der Waals surface area contributed by atoms with E-state index in [0.717, 1.165) is 43.3 Å². The molecule has 2 aromatic rings. The maximum absolute atomic E-state index is 11.7. The molecule has 1 amide bonds. The quantitative estimate of drug-likeness (QED) is 0.280. The number of amides is 1. The van der Waals surface area contributed by atoms with Gasteiger partial charge in [-0.25, -0.2) is 9.98 Å². The minimum absolute atomic E-state index is 0. The molecule has 1 aromatic heterocycles. The third kappa shape index (κ3) is 7.08. The first-order chi connectivity index (χ1) is 15.0. The molecular weight excluding hydrogens is 515 g/mol. The van der Waals surface area contributed by atoms with Crippen LogP contribution in [-0.2, 0) is 17.9 Å². The lowest BCUT2D eigenvalue weighted by Crippen LogP contribution is -2.42. The van der Waals surface area contributed by atoms with Crippen molar-refractivity contribution in [2.75, 3.05) is 24.5 Å². The minimum Gasteiger partial charge on any atom is -0.369 e. The molecule has 0 bridgehead atoms. The van der Waals surface area contributed by atoms with Gasteiger partial charge in [0.05, 0.1) is 12.5 Å². The number of carbonyl (C=O) groups is 1. The van der Waals surface area contributed by atoms with E-state index in [1.165, 1.54) is 16.7 Å². The van der Waals surface area contributed by atoms with E-state index in [1.807, 2.05) is 12.1 Å². The molecule has 0 saturated carbocycles. The number of aryl methyl sites for hydroxylation is 2. The molecule has 32 heavy (non-hydrogen) atoms. The van der Waals surface area contributed by atoms with Crippen molar-refractivity contribution in [2.24, 2.45) is 16.6 Å². The van der Waals surface area contributed by atoms with Gasteiger partial charge in [0.1, 0.15) is 5.82 Å². The van der Waals surface area contributed by atoms with E-state index in [9.17, 15) is 4.79 Å². The Kier molecular flexibility index (Phi) is 10.2. The van der Waals surface area contributed by atoms with Gasteiger partial charge in [-0.05, 0) is 50.8 Å². The number of hydrogen-bond donors (Lipinski definition) is 3. The molecule has 4 N–H and O–H groups in total. The molecule has 0 spiro atoms. The second-order valence-electron chi connectivity index (χ2n) is 8.15. The van der Waals surface area contributed by atoms with Crippen LogP contribution in [0.15, 0.2) is 41.5 Å². The molecule has 1 saturated heterocycles. The molecular formula is C24H35IN6O. The lowest BCUT2D eigenvalue weighted by Gasteiger charge is -2.33. The van der Waals surface area contributed by atoms with Gasteiger partial charge >= 0.3 is 0 Å². The Morgan fingerprint density at radius 2 is 2.06 bits per heavy atom. The van der Waals surface area contributed by atoms with Gasteiger partial charge in [-0.1, -0.05) is 29.8 Å². The Bertz CT molecular complexity index is 932. The summed E-state index contributed by atoms with van der Waals surface area (Å²) in [6.07, 6.45) is 3.58. The molecule has 1 aliphatic rings. The monoisotopic (exact) mass is 550 g/mol. The molecule has 0 radical (unpaired) electrons. The van der Waals surface area contributed by atoms with Crippen molar-refractivity contribution >= 4 is 41.7 Å². The molecule has 8 heteroatoms. The van der Waals surface area contributed by atoms with Crippen LogP contribution >= 0.6 is 24.0 Å². The highest BCUT2D eigenvalue weighted by Crippen LogP contribution is 2.25. The number of guanidine groups is 1. The number of rotatable bonds is 7. The van der Waals surface area contributed by atoms with Crippen LogP contribution in [0, 0.1) is 19.8 Å². The highest BCUT2D eigenvalue weighted by molar-refractivity contribution is 14.0. The number of halogens is 1. The predicted molar refractivity (Wildman–Crippen MR) is 141 cm³/mol. The Labute approximate surface area is 208 Å². The second kappa shape index (κ2) is 12.6. The number of nitrogens with zero attached hydrogens (tertiary/aromatic N) is 3. The molecule has 2 heterocycles. The molecule has 1 aromatic carbocycles. The molecule has 174 valence electrons. The summed E-state index contributed by atoms with van der Waals surface area (Å²) in [5, 5.41) is 6.75. The summed E-state index contributed by atoms with van der Waals surface area (Å²) in [5.41, 5.74) is 10.4. The first kappa shape index (κ1) is 25.9. The van der Waals surface area contributed by atoms with E-state index >= 15 is 0 Å². The zero-order chi connectivity index (χ0) is 22.2. The van der Waals surface area contributed by atoms with Crippen molar-refractivity contribution in [1.29, 1.82) is 0 Å². The summed E-state index contributed by atoms with van der Waals surface area (Å²) in [7, 11) is 0. The van der Waals surface area contributed by atoms with E-state index in [2.05, 4.69) is 59.5 Å². The van der Waals surface area contributed by atoms with Crippen molar-refractivity contribution in [3.8, 4) is 0 Å². The van der Waals surface area contributed by atoms with Crippen LogP contribution in [-0.4, -0.2) is 36.5 Å². The summed E-state index contributed by atoms with van der Waals surface area (Å²) in [6.45, 7) is 9.79. The third-order valence-corrected chi connectivity index (χ3v) is 5.69. The topological polar surface area (TPSA) is 95.6 Å². The highest BCUT2D eigenvalue weighted by atomic mass is 127. The lowest BCUT2D eigenvalue weighted by molar-refractivity contribution is -0.122. The number of aliphatic imine (C=N–C) groups is 1. The van der Waals surface area contributed by atoms with E-state index in [0.29, 0.717) is 19.6 Å². The summed E-state index contributed by atoms with van der Waals surface area (Å²) >= 11 is 0. The van der Waals surface area contributed by atoms with Crippen molar-refractivity contribution in [1.82, 2.24) is 15.6 Å². The predicted octanol–water partition coefficient (Wildman–Crippen LogP) is 3.27. The number of hydrogen-bond acceptors (Lipinski definition) is 4. The van der Waals surface area contributed by atoms with Gasteiger partial charge in [0, 0.05) is 37.9 Å². The average Bonchev–Trinajstić information content (AvgIpc) is 2.77. The Balaban J connectivity index is 0.00000363. The lowest BCUT2D eigenvalue weighted by atomic mass is 9.97. The molecule has 7 nitrogen and oxygen atoms in total. The van der Waals surface area contributed by atoms with E-state index in [-0.39, 0.29) is 35.8 Å². The summed E-state index contributed by atoms with van der Waals surface area (Å²) in [5.74, 6) is 1.31. The molecule has 1 fully saturated rings. The number of piperidine rings is 1. The van der Waals surface area contributed by atoms with Crippen LogP contribution in [0.4, 0.5) is 5.82 Å². The average molecular weight is 550 g/mol. The second-order valence-corrected chi connectivity index (χ2v) is 8.15. The number of carbonyl (C=O) groups excluding carboxylic acids is 1. The fraction of sp³-hybridized carbons (Fsp3) is 0.458. The standard InChI is InChI=1S/C24H34N6O.HI/c1-4-26-24(28-14-19-10-9-17(2)13-18(19)3)29-15-20-7-5-11-27-23(20)30-12-6-8-21(16-30)22(25)31;/h5,7,9-11,13,21H,4,6,8,12,14-16H2,1-3H3,(H2,25,31)(H2,26,28,29);1H. The van der Waals surface area contributed by atoms with Gasteiger partial charge < -0.3 is 21.3 Å². The van der Waals surface area contributed by atoms with Crippen LogP contribution in [0.2, 0.25) is 0 Å². The smallest absolute Gasteiger partial charge is 0.222 e. The first-order valence-electron chi connectivity index (χ1n) is 11.0. The van der Waals surface area contributed by atoms with Crippen LogP contribution in [0.3, 0.4) is 0 Å². The van der Waals surface area contributed by atoms with Gasteiger partial charge in [-0.2, -0.15) is 0 Å². The number of aromatic nitrogens is 1. The maximum Gasteiger partial charge on any atom is 0.222 e. The first-order valence-corrected chi connectivity index (χ1v) is 11.0. The third-order valence-electron chi connectivity index (χ3n) is 5.69. The minimum atomic E-state index is -0.231.